The van der Waals surface area contributed by atoms with Gasteiger partial charge >= 0.3 is 0 Å². The van der Waals surface area contributed by atoms with Crippen LogP contribution in [0.5, 0.6) is 0 Å². The molecule has 0 aromatic heterocycles. The minimum absolute atomic E-state index is 0.0165. The van der Waals surface area contributed by atoms with Crippen molar-refractivity contribution in [2.45, 2.75) is 59.0 Å². The highest BCUT2D eigenvalue weighted by Crippen LogP contribution is 2.39. The topological polar surface area (TPSA) is 27.7 Å². The lowest BCUT2D eigenvalue weighted by Crippen LogP contribution is -2.67. The Balaban J connectivity index is 2.00. The van der Waals surface area contributed by atoms with Gasteiger partial charge in [-0.15, -0.1) is 0 Å². The molecule has 1 saturated heterocycles. The summed E-state index contributed by atoms with van der Waals surface area (Å²) in [6.07, 6.45) is -0.160. The molecule has 30 heavy (non-hydrogen) atoms. The predicted molar refractivity (Wildman–Crippen MR) is 127 cm³/mol. The predicted octanol–water partition coefficient (Wildman–Crippen LogP) is 4.84. The molecule has 0 aliphatic carbocycles. The number of hydrogen-bond acceptors (Lipinski definition) is 3. The van der Waals surface area contributed by atoms with Crippen LogP contribution in [0.25, 0.3) is 0 Å². The van der Waals surface area contributed by atoms with Crippen molar-refractivity contribution in [3.05, 3.63) is 60.7 Å². The molecule has 3 rings (SSSR count). The first-order chi connectivity index (χ1) is 14.2. The van der Waals surface area contributed by atoms with E-state index in [1.807, 2.05) is 0 Å². The molecule has 2 aromatic rings. The van der Waals surface area contributed by atoms with E-state index in [4.69, 9.17) is 13.9 Å². The summed E-state index contributed by atoms with van der Waals surface area (Å²) < 4.78 is 19.2. The number of rotatable bonds is 6. The molecule has 0 amide bonds. The summed E-state index contributed by atoms with van der Waals surface area (Å²) in [5, 5.41) is 2.57. The summed E-state index contributed by atoms with van der Waals surface area (Å²) in [5.74, 6) is 1.29. The van der Waals surface area contributed by atoms with Crippen molar-refractivity contribution in [1.29, 1.82) is 0 Å². The Hall–Kier alpha value is -1.46. The van der Waals surface area contributed by atoms with Gasteiger partial charge in [0.1, 0.15) is 0 Å². The maximum Gasteiger partial charge on any atom is 0.261 e. The van der Waals surface area contributed by atoms with Crippen LogP contribution in [0.1, 0.15) is 41.5 Å². The summed E-state index contributed by atoms with van der Waals surface area (Å²) in [7, 11) is -0.815. The van der Waals surface area contributed by atoms with Gasteiger partial charge in [0, 0.05) is 13.0 Å². The minimum atomic E-state index is -2.55. The molecule has 164 valence electrons. The fourth-order valence-corrected chi connectivity index (χ4v) is 9.49. The summed E-state index contributed by atoms with van der Waals surface area (Å²) in [5.41, 5.74) is 0. The summed E-state index contributed by atoms with van der Waals surface area (Å²) in [6, 6.07) is 21.6. The van der Waals surface area contributed by atoms with Crippen LogP contribution < -0.4 is 10.4 Å². The Morgan fingerprint density at radius 1 is 0.800 bits per heavy atom. The maximum absolute atomic E-state index is 7.11. The van der Waals surface area contributed by atoms with Gasteiger partial charge in [-0.05, 0) is 27.2 Å². The monoisotopic (exact) mass is 426 g/mol. The molecular formula is C26H38O3Si. The lowest BCUT2D eigenvalue weighted by atomic mass is 9.79. The van der Waals surface area contributed by atoms with Crippen LogP contribution in [-0.4, -0.2) is 34.4 Å². The normalized spacial score (nSPS) is 27.8. The van der Waals surface area contributed by atoms with Crippen LogP contribution in [0, 0.1) is 17.8 Å². The van der Waals surface area contributed by atoms with Gasteiger partial charge < -0.3 is 13.9 Å². The van der Waals surface area contributed by atoms with Gasteiger partial charge in [-0.25, -0.2) is 0 Å². The Morgan fingerprint density at radius 2 is 1.30 bits per heavy atom. The van der Waals surface area contributed by atoms with Gasteiger partial charge in [0.15, 0.2) is 6.29 Å². The van der Waals surface area contributed by atoms with Crippen molar-refractivity contribution in [3.63, 3.8) is 0 Å². The molecule has 0 saturated carbocycles. The van der Waals surface area contributed by atoms with Gasteiger partial charge in [0.2, 0.25) is 0 Å². The Morgan fingerprint density at radius 3 is 1.73 bits per heavy atom. The largest absolute Gasteiger partial charge is 0.405 e. The molecule has 0 N–H and O–H groups in total. The molecule has 1 aliphatic rings. The number of hydrogen-bond donors (Lipinski definition) is 0. The number of benzene rings is 2. The van der Waals surface area contributed by atoms with E-state index in [0.29, 0.717) is 24.4 Å². The second kappa shape index (κ2) is 9.35. The third-order valence-corrected chi connectivity index (χ3v) is 12.1. The molecule has 0 spiro atoms. The van der Waals surface area contributed by atoms with E-state index in [0.717, 1.165) is 0 Å². The minimum Gasteiger partial charge on any atom is -0.405 e. The first-order valence-corrected chi connectivity index (χ1v) is 13.1. The lowest BCUT2D eigenvalue weighted by molar-refractivity contribution is -0.242. The zero-order valence-electron chi connectivity index (χ0n) is 19.6. The average molecular weight is 427 g/mol. The van der Waals surface area contributed by atoms with Crippen LogP contribution in [0.4, 0.5) is 0 Å². The van der Waals surface area contributed by atoms with Crippen molar-refractivity contribution in [1.82, 2.24) is 0 Å². The Kier molecular flexibility index (Phi) is 7.23. The van der Waals surface area contributed by atoms with E-state index >= 15 is 0 Å². The highest BCUT2D eigenvalue weighted by molar-refractivity contribution is 6.99. The van der Waals surface area contributed by atoms with E-state index in [9.17, 15) is 0 Å². The van der Waals surface area contributed by atoms with Crippen molar-refractivity contribution in [2.75, 3.05) is 13.7 Å². The van der Waals surface area contributed by atoms with Crippen LogP contribution >= 0.6 is 0 Å². The summed E-state index contributed by atoms with van der Waals surface area (Å²) >= 11 is 0. The average Bonchev–Trinajstić information content (AvgIpc) is 2.74. The second-order valence-corrected chi connectivity index (χ2v) is 14.1. The van der Waals surface area contributed by atoms with Crippen molar-refractivity contribution in [2.24, 2.45) is 17.8 Å². The molecule has 1 fully saturated rings. The van der Waals surface area contributed by atoms with E-state index in [-0.39, 0.29) is 17.4 Å². The van der Waals surface area contributed by atoms with Gasteiger partial charge in [-0.1, -0.05) is 102 Å². The number of ether oxygens (including phenoxy) is 2. The van der Waals surface area contributed by atoms with Crippen LogP contribution in [0.15, 0.2) is 60.7 Å². The number of methoxy groups -OCH3 is 1. The van der Waals surface area contributed by atoms with Gasteiger partial charge in [-0.3, -0.25) is 0 Å². The molecule has 4 heteroatoms. The van der Waals surface area contributed by atoms with Crippen LogP contribution in [-0.2, 0) is 13.9 Å². The quantitative estimate of drug-likeness (QED) is 0.619. The van der Waals surface area contributed by atoms with E-state index in [1.165, 1.54) is 10.4 Å². The van der Waals surface area contributed by atoms with Gasteiger partial charge in [-0.2, -0.15) is 0 Å². The van der Waals surface area contributed by atoms with Crippen LogP contribution in [0.3, 0.4) is 0 Å². The molecular weight excluding hydrogens is 388 g/mol. The van der Waals surface area contributed by atoms with E-state index < -0.39 is 8.32 Å². The fraction of sp³-hybridized carbons (Fsp3) is 0.538. The van der Waals surface area contributed by atoms with Gasteiger partial charge in [0.25, 0.3) is 8.32 Å². The fourth-order valence-electron chi connectivity index (χ4n) is 4.92. The molecule has 5 atom stereocenters. The zero-order valence-corrected chi connectivity index (χ0v) is 20.6. The SMILES string of the molecule is COC1OC(CO[Si](c2ccccc2)(c2ccccc2)C(C)(C)C)[C@H](C)C(C)[C@@H]1C. The zero-order chi connectivity index (χ0) is 21.9. The third-order valence-electron chi connectivity index (χ3n) is 7.10. The van der Waals surface area contributed by atoms with E-state index in [2.05, 4.69) is 102 Å². The van der Waals surface area contributed by atoms with Crippen LogP contribution in [0.2, 0.25) is 5.04 Å². The standard InChI is InChI=1S/C26H38O3Si/c1-19-20(2)24(29-25(27-7)21(19)3)18-28-30(26(4,5)6,22-14-10-8-11-15-22)23-16-12-9-13-17-23/h8-17,19-21,24-25H,18H2,1-7H3/t19?,20-,21+,24?,25?/m1/s1. The summed E-state index contributed by atoms with van der Waals surface area (Å²) in [4.78, 5) is 0. The molecule has 0 radical (unpaired) electrons. The first kappa shape index (κ1) is 23.2. The highest BCUT2D eigenvalue weighted by atomic mass is 28.4. The third kappa shape index (κ3) is 4.29. The maximum atomic E-state index is 7.11. The second-order valence-electron chi connectivity index (χ2n) is 9.83. The molecule has 1 aliphatic heterocycles. The summed E-state index contributed by atoms with van der Waals surface area (Å²) in [6.45, 7) is 14.3. The smallest absolute Gasteiger partial charge is 0.261 e. The Bertz CT molecular complexity index is 745. The molecule has 3 nitrogen and oxygen atoms in total. The van der Waals surface area contributed by atoms with Gasteiger partial charge in [0.05, 0.1) is 12.7 Å². The first-order valence-electron chi connectivity index (χ1n) is 11.2. The molecule has 2 aromatic carbocycles. The molecule has 1 heterocycles. The highest BCUT2D eigenvalue weighted by Gasteiger charge is 2.51. The van der Waals surface area contributed by atoms with Crippen molar-refractivity contribution >= 4 is 18.7 Å². The van der Waals surface area contributed by atoms with E-state index in [1.54, 1.807) is 7.11 Å². The van der Waals surface area contributed by atoms with Crippen molar-refractivity contribution in [3.8, 4) is 0 Å². The lowest BCUT2D eigenvalue weighted by Gasteiger charge is -2.47. The van der Waals surface area contributed by atoms with Crippen molar-refractivity contribution < 1.29 is 13.9 Å². The molecule has 0 bridgehead atoms. The molecule has 3 unspecified atom stereocenters. The Labute approximate surface area is 183 Å².